The number of nitrogens with one attached hydrogen (secondary N) is 2. The predicted octanol–water partition coefficient (Wildman–Crippen LogP) is 1.82. The molecule has 3 N–H and O–H groups in total. The van der Waals surface area contributed by atoms with Crippen molar-refractivity contribution in [3.63, 3.8) is 0 Å². The second-order valence-electron chi connectivity index (χ2n) is 6.92. The molecule has 1 amide bonds. The summed E-state index contributed by atoms with van der Waals surface area (Å²) >= 11 is 0. The number of allylic oxidation sites excluding steroid dienone is 2. The largest absolute Gasteiger partial charge is 0.395 e. The van der Waals surface area contributed by atoms with Gasteiger partial charge in [-0.05, 0) is 42.4 Å². The molecule has 0 radical (unpaired) electrons. The Balaban J connectivity index is 1.65. The Bertz CT molecular complexity index is 612. The lowest BCUT2D eigenvalue weighted by Gasteiger charge is -2.46. The molecular formula is C20H28N2O3. The molecule has 1 aromatic rings. The van der Waals surface area contributed by atoms with E-state index in [2.05, 4.69) is 41.0 Å². The number of ether oxygens (including phenoxy) is 1. The van der Waals surface area contributed by atoms with Crippen molar-refractivity contribution in [2.75, 3.05) is 26.9 Å². The van der Waals surface area contributed by atoms with Gasteiger partial charge >= 0.3 is 0 Å². The number of aliphatic hydroxyl groups excluding tert-OH is 1. The van der Waals surface area contributed by atoms with Gasteiger partial charge in [0, 0.05) is 31.7 Å². The minimum absolute atomic E-state index is 0.0454. The number of hydrogen-bond acceptors (Lipinski definition) is 4. The van der Waals surface area contributed by atoms with E-state index < -0.39 is 0 Å². The second kappa shape index (κ2) is 8.61. The lowest BCUT2D eigenvalue weighted by molar-refractivity contribution is -0.125. The molecule has 5 nitrogen and oxygen atoms in total. The van der Waals surface area contributed by atoms with Crippen LogP contribution in [0, 0.1) is 0 Å². The zero-order valence-corrected chi connectivity index (χ0v) is 14.8. The fraction of sp³-hybridized carbons (Fsp3) is 0.550. The first-order valence-electron chi connectivity index (χ1n) is 9.15. The van der Waals surface area contributed by atoms with Crippen LogP contribution in [0.5, 0.6) is 0 Å². The molecule has 136 valence electrons. The molecular weight excluding hydrogens is 316 g/mol. The van der Waals surface area contributed by atoms with Gasteiger partial charge in [-0.3, -0.25) is 4.79 Å². The van der Waals surface area contributed by atoms with Gasteiger partial charge in [-0.25, -0.2) is 0 Å². The van der Waals surface area contributed by atoms with Gasteiger partial charge in [0.2, 0.25) is 5.91 Å². The summed E-state index contributed by atoms with van der Waals surface area (Å²) in [5, 5.41) is 15.8. The topological polar surface area (TPSA) is 70.6 Å². The van der Waals surface area contributed by atoms with Gasteiger partial charge in [0.15, 0.2) is 0 Å². The summed E-state index contributed by atoms with van der Waals surface area (Å²) in [5.74, 6) is 0.0947. The number of hydrogen-bond donors (Lipinski definition) is 3. The molecule has 0 aromatic heterocycles. The van der Waals surface area contributed by atoms with Gasteiger partial charge in [0.25, 0.3) is 0 Å². The van der Waals surface area contributed by atoms with Crippen LogP contribution < -0.4 is 10.6 Å². The molecule has 1 fully saturated rings. The molecule has 0 saturated carbocycles. The third-order valence-electron chi connectivity index (χ3n) is 5.24. The van der Waals surface area contributed by atoms with E-state index in [0.29, 0.717) is 6.54 Å². The van der Waals surface area contributed by atoms with E-state index in [4.69, 9.17) is 4.74 Å². The van der Waals surface area contributed by atoms with Crippen molar-refractivity contribution >= 4 is 11.5 Å². The van der Waals surface area contributed by atoms with Crippen LogP contribution in [0.15, 0.2) is 30.3 Å². The Labute approximate surface area is 149 Å². The fourth-order valence-electron chi connectivity index (χ4n) is 3.89. The summed E-state index contributed by atoms with van der Waals surface area (Å²) in [7, 11) is 1.51. The first-order valence-corrected chi connectivity index (χ1v) is 9.15. The molecule has 3 rings (SSSR count). The fourth-order valence-corrected chi connectivity index (χ4v) is 3.89. The minimum Gasteiger partial charge on any atom is -0.395 e. The number of methoxy groups -OCH3 is 1. The van der Waals surface area contributed by atoms with E-state index in [9.17, 15) is 9.90 Å². The standard InChI is InChI=1S/C20H28N2O3/c1-25-13-19(24)21-11-17-20(18(12-23)22-17)16-9-7-15(8-10-16)14-5-3-2-4-6-14/h5,7-10,17-18,20,22-23H,2-4,6,11-13H2,1H3,(H,21,24)/t17-,18-,20+/m1/s1. The van der Waals surface area contributed by atoms with Crippen LogP contribution in [-0.2, 0) is 9.53 Å². The highest BCUT2D eigenvalue weighted by Gasteiger charge is 2.40. The van der Waals surface area contributed by atoms with E-state index >= 15 is 0 Å². The van der Waals surface area contributed by atoms with Gasteiger partial charge in [-0.1, -0.05) is 30.3 Å². The summed E-state index contributed by atoms with van der Waals surface area (Å²) in [6.07, 6.45) is 7.27. The highest BCUT2D eigenvalue weighted by Crippen LogP contribution is 2.33. The third-order valence-corrected chi connectivity index (χ3v) is 5.24. The first kappa shape index (κ1) is 18.1. The average molecular weight is 344 g/mol. The van der Waals surface area contributed by atoms with Gasteiger partial charge < -0.3 is 20.5 Å². The maximum absolute atomic E-state index is 11.6. The smallest absolute Gasteiger partial charge is 0.246 e. The van der Waals surface area contributed by atoms with Crippen molar-refractivity contribution in [1.82, 2.24) is 10.6 Å². The predicted molar refractivity (Wildman–Crippen MR) is 98.3 cm³/mol. The van der Waals surface area contributed by atoms with E-state index in [1.165, 1.54) is 43.1 Å². The minimum atomic E-state index is -0.116. The Kier molecular flexibility index (Phi) is 6.24. The number of rotatable bonds is 7. The number of amides is 1. The van der Waals surface area contributed by atoms with Gasteiger partial charge in [-0.15, -0.1) is 0 Å². The summed E-state index contributed by atoms with van der Waals surface area (Å²) in [6, 6.07) is 8.91. The van der Waals surface area contributed by atoms with Gasteiger partial charge in [0.1, 0.15) is 6.61 Å². The summed E-state index contributed by atoms with van der Waals surface area (Å²) in [5.41, 5.74) is 3.97. The number of carbonyl (C=O) groups excluding carboxylic acids is 1. The molecule has 0 spiro atoms. The van der Waals surface area contributed by atoms with E-state index in [0.717, 1.165) is 6.42 Å². The maximum Gasteiger partial charge on any atom is 0.246 e. The van der Waals surface area contributed by atoms with Crippen LogP contribution in [0.3, 0.4) is 0 Å². The summed E-state index contributed by atoms with van der Waals surface area (Å²) in [4.78, 5) is 11.6. The molecule has 1 saturated heterocycles. The quantitative estimate of drug-likeness (QED) is 0.706. The zero-order chi connectivity index (χ0) is 17.6. The van der Waals surface area contributed by atoms with Crippen LogP contribution in [0.1, 0.15) is 42.7 Å². The number of aliphatic hydroxyl groups is 1. The van der Waals surface area contributed by atoms with E-state index in [-0.39, 0.29) is 37.1 Å². The van der Waals surface area contributed by atoms with Gasteiger partial charge in [-0.2, -0.15) is 0 Å². The third kappa shape index (κ3) is 4.29. The molecule has 1 aliphatic carbocycles. The number of benzene rings is 1. The lowest BCUT2D eigenvalue weighted by atomic mass is 9.77. The van der Waals surface area contributed by atoms with Crippen LogP contribution in [0.2, 0.25) is 0 Å². The van der Waals surface area contributed by atoms with Crippen molar-refractivity contribution < 1.29 is 14.6 Å². The molecule has 0 bridgehead atoms. The molecule has 2 aliphatic rings. The van der Waals surface area contributed by atoms with Crippen molar-refractivity contribution in [3.05, 3.63) is 41.5 Å². The van der Waals surface area contributed by atoms with Crippen LogP contribution >= 0.6 is 0 Å². The molecule has 0 unspecified atom stereocenters. The highest BCUT2D eigenvalue weighted by atomic mass is 16.5. The second-order valence-corrected chi connectivity index (χ2v) is 6.92. The zero-order valence-electron chi connectivity index (χ0n) is 14.8. The molecule has 1 heterocycles. The molecule has 25 heavy (non-hydrogen) atoms. The normalized spacial score (nSPS) is 25.8. The SMILES string of the molecule is COCC(=O)NC[C@H]1N[C@H](CO)[C@H]1c1ccc(C2=CCCCC2)cc1. The van der Waals surface area contributed by atoms with Crippen LogP contribution in [-0.4, -0.2) is 50.0 Å². The van der Waals surface area contributed by atoms with Crippen molar-refractivity contribution in [1.29, 1.82) is 0 Å². The molecule has 5 heteroatoms. The van der Waals surface area contributed by atoms with Crippen molar-refractivity contribution in [3.8, 4) is 0 Å². The summed E-state index contributed by atoms with van der Waals surface area (Å²) in [6.45, 7) is 0.709. The van der Waals surface area contributed by atoms with Crippen molar-refractivity contribution in [2.24, 2.45) is 0 Å². The van der Waals surface area contributed by atoms with Crippen LogP contribution in [0.25, 0.3) is 5.57 Å². The average Bonchev–Trinajstić information content (AvgIpc) is 2.63. The first-order chi connectivity index (χ1) is 12.2. The Hall–Kier alpha value is -1.69. The Morgan fingerprint density at radius 3 is 2.72 bits per heavy atom. The van der Waals surface area contributed by atoms with Crippen molar-refractivity contribution in [2.45, 2.75) is 43.7 Å². The lowest BCUT2D eigenvalue weighted by Crippen LogP contribution is -2.64. The Morgan fingerprint density at radius 1 is 1.28 bits per heavy atom. The molecule has 3 atom stereocenters. The Morgan fingerprint density at radius 2 is 2.08 bits per heavy atom. The highest BCUT2D eigenvalue weighted by molar-refractivity contribution is 5.77. The number of carbonyl (C=O) groups is 1. The molecule has 1 aliphatic heterocycles. The molecule has 1 aromatic carbocycles. The van der Waals surface area contributed by atoms with E-state index in [1.54, 1.807) is 0 Å². The monoisotopic (exact) mass is 344 g/mol. The van der Waals surface area contributed by atoms with Gasteiger partial charge in [0.05, 0.1) is 6.61 Å². The summed E-state index contributed by atoms with van der Waals surface area (Å²) < 4.78 is 4.83. The maximum atomic E-state index is 11.6. The van der Waals surface area contributed by atoms with Crippen LogP contribution in [0.4, 0.5) is 0 Å². The van der Waals surface area contributed by atoms with E-state index in [1.807, 2.05) is 0 Å².